The number of aliphatic imine (C=N–C) groups is 1. The van der Waals surface area contributed by atoms with Gasteiger partial charge in [-0.3, -0.25) is 48.1 Å². The fourth-order valence-electron chi connectivity index (χ4n) is 11.1. The van der Waals surface area contributed by atoms with E-state index >= 15 is 0 Å². The lowest BCUT2D eigenvalue weighted by atomic mass is 9.99. The molecule has 10 amide bonds. The molecule has 528 valence electrons. The van der Waals surface area contributed by atoms with E-state index in [-0.39, 0.29) is 88.9 Å². The number of guanidine groups is 1. The molecule has 29 nitrogen and oxygen atoms in total. The summed E-state index contributed by atoms with van der Waals surface area (Å²) < 4.78 is 16.6. The summed E-state index contributed by atoms with van der Waals surface area (Å²) in [4.78, 5) is 150. The van der Waals surface area contributed by atoms with Crippen LogP contribution in [-0.4, -0.2) is 174 Å². The van der Waals surface area contributed by atoms with Crippen molar-refractivity contribution in [2.24, 2.45) is 28.1 Å². The second-order valence-electron chi connectivity index (χ2n) is 24.2. The number of aliphatic hydroxyl groups is 1. The number of nitrogens with two attached hydrogens (primary N) is 3. The molecule has 17 N–H and O–H groups in total. The number of phenolic OH excluding ortho intramolecular Hbond substituents is 1. The number of carbonyl (C=O) groups excluding carboxylic acids is 10. The number of likely N-dealkylation sites (tertiary alicyclic amines) is 1. The first kappa shape index (κ1) is 75.3. The number of alkyl carbamates (subject to hydrolysis) is 1. The van der Waals surface area contributed by atoms with Gasteiger partial charge in [-0.05, 0) is 96.2 Å². The number of nitrogens with zero attached hydrogens (tertiary/aromatic N) is 2. The highest BCUT2D eigenvalue weighted by atomic mass is 16.5. The van der Waals surface area contributed by atoms with Crippen molar-refractivity contribution < 1.29 is 72.4 Å². The van der Waals surface area contributed by atoms with Crippen LogP contribution >= 0.6 is 0 Å². The summed E-state index contributed by atoms with van der Waals surface area (Å²) in [5, 5.41) is 43.0. The Hall–Kier alpha value is -11.1. The van der Waals surface area contributed by atoms with Gasteiger partial charge in [0.25, 0.3) is 0 Å². The molecule has 99 heavy (non-hydrogen) atoms. The maximum atomic E-state index is 15.0. The highest BCUT2D eigenvalue weighted by Gasteiger charge is 2.40. The molecule has 0 bridgehead atoms. The van der Waals surface area contributed by atoms with Gasteiger partial charge < -0.3 is 94.0 Å². The third-order valence-electron chi connectivity index (χ3n) is 16.2. The second kappa shape index (κ2) is 38.0. The number of hydrogen-bond donors (Lipinski definition) is 14. The number of aromatic hydroxyl groups is 1. The maximum Gasteiger partial charge on any atom is 0.408 e. The highest BCUT2D eigenvalue weighted by molar-refractivity contribution is 5.99. The monoisotopic (exact) mass is 1360 g/mol. The van der Waals surface area contributed by atoms with Gasteiger partial charge in [-0.15, -0.1) is 0 Å². The van der Waals surface area contributed by atoms with E-state index in [9.17, 15) is 58.2 Å². The molecule has 7 rings (SSSR count). The van der Waals surface area contributed by atoms with Gasteiger partial charge in [0.05, 0.1) is 33.5 Å². The number of phenols is 1. The topological polar surface area (TPSA) is 445 Å². The molecular weight excluding hydrogens is 1280 g/mol. The third kappa shape index (κ3) is 23.9. The van der Waals surface area contributed by atoms with Crippen LogP contribution < -0.4 is 64.5 Å². The summed E-state index contributed by atoms with van der Waals surface area (Å²) in [5.41, 5.74) is 20.0. The van der Waals surface area contributed by atoms with E-state index in [1.165, 1.54) is 36.3 Å². The number of methoxy groups -OCH3 is 1. The van der Waals surface area contributed by atoms with Crippen molar-refractivity contribution in [2.75, 3.05) is 40.0 Å². The van der Waals surface area contributed by atoms with E-state index < -0.39 is 127 Å². The number of ether oxygens (including phenoxy) is 3. The van der Waals surface area contributed by atoms with Gasteiger partial charge in [-0.2, -0.15) is 0 Å². The molecule has 1 aliphatic heterocycles. The van der Waals surface area contributed by atoms with E-state index in [4.69, 9.17) is 31.4 Å². The van der Waals surface area contributed by atoms with Crippen molar-refractivity contribution in [3.63, 3.8) is 0 Å². The van der Waals surface area contributed by atoms with Crippen LogP contribution in [-0.2, 0) is 85.1 Å². The van der Waals surface area contributed by atoms with Crippen LogP contribution in [0, 0.1) is 5.92 Å². The Balaban J connectivity index is 1.12. The van der Waals surface area contributed by atoms with Crippen LogP contribution in [0.15, 0.2) is 145 Å². The van der Waals surface area contributed by atoms with Crippen molar-refractivity contribution >= 4 is 76.1 Å². The van der Waals surface area contributed by atoms with E-state index in [2.05, 4.69) is 52.5 Å². The minimum absolute atomic E-state index is 0.00342. The van der Waals surface area contributed by atoms with Crippen LogP contribution in [0.25, 0.3) is 10.9 Å². The van der Waals surface area contributed by atoms with Crippen molar-refractivity contribution in [1.29, 1.82) is 0 Å². The average molecular weight is 1370 g/mol. The van der Waals surface area contributed by atoms with Crippen LogP contribution in [0.5, 0.6) is 11.5 Å². The van der Waals surface area contributed by atoms with Crippen LogP contribution in [0.3, 0.4) is 0 Å². The predicted octanol–water partition coefficient (Wildman–Crippen LogP) is 1.02. The summed E-state index contributed by atoms with van der Waals surface area (Å²) in [5.74, 6) is -7.49. The van der Waals surface area contributed by atoms with Crippen molar-refractivity contribution in [3.8, 4) is 11.5 Å². The number of benzene rings is 5. The molecule has 8 atom stereocenters. The molecule has 2 heterocycles. The van der Waals surface area contributed by atoms with Gasteiger partial charge in [-0.25, -0.2) is 4.79 Å². The van der Waals surface area contributed by atoms with Gasteiger partial charge in [0.1, 0.15) is 66.4 Å². The van der Waals surface area contributed by atoms with E-state index in [0.717, 1.165) is 5.56 Å². The first-order valence-corrected chi connectivity index (χ1v) is 32.5. The van der Waals surface area contributed by atoms with Crippen LogP contribution in [0.2, 0.25) is 0 Å². The molecule has 1 aromatic heterocycles. The molecule has 0 spiro atoms. The number of hydrogen-bond acceptors (Lipinski definition) is 16. The zero-order chi connectivity index (χ0) is 71.4. The normalized spacial score (nSPS) is 14.7. The molecule has 0 unspecified atom stereocenters. The van der Waals surface area contributed by atoms with E-state index in [1.807, 2.05) is 6.07 Å². The maximum absolute atomic E-state index is 15.0. The quantitative estimate of drug-likeness (QED) is 0.0147. The third-order valence-corrected chi connectivity index (χ3v) is 16.2. The van der Waals surface area contributed by atoms with Crippen LogP contribution in [0.4, 0.5) is 4.79 Å². The Morgan fingerprint density at radius 1 is 0.606 bits per heavy atom. The first-order valence-electron chi connectivity index (χ1n) is 32.5. The molecular formula is C70H88N14O15. The Kier molecular flexibility index (Phi) is 28.9. The van der Waals surface area contributed by atoms with Crippen molar-refractivity contribution in [1.82, 2.24) is 52.4 Å². The lowest BCUT2D eigenvalue weighted by Crippen LogP contribution is -2.61. The number of carbonyl (C=O) groups is 10. The largest absolute Gasteiger partial charge is 0.508 e. The number of aliphatic hydroxyl groups excluding tert-OH is 1. The molecule has 0 radical (unpaired) electrons. The summed E-state index contributed by atoms with van der Waals surface area (Å²) >= 11 is 0. The second-order valence-corrected chi connectivity index (χ2v) is 24.2. The molecule has 0 aliphatic carbocycles. The summed E-state index contributed by atoms with van der Waals surface area (Å²) in [6.07, 6.45) is 0.939. The summed E-state index contributed by atoms with van der Waals surface area (Å²) in [6, 6.07) is 25.8. The number of H-pyrrole nitrogens is 1. The minimum Gasteiger partial charge on any atom is -0.508 e. The van der Waals surface area contributed by atoms with Crippen molar-refractivity contribution in [2.45, 2.75) is 127 Å². The van der Waals surface area contributed by atoms with Gasteiger partial charge >= 0.3 is 6.09 Å². The molecule has 1 saturated heterocycles. The zero-order valence-electron chi connectivity index (χ0n) is 55.4. The van der Waals surface area contributed by atoms with Crippen molar-refractivity contribution in [3.05, 3.63) is 167 Å². The lowest BCUT2D eigenvalue weighted by Gasteiger charge is -2.30. The number of fused-ring (bicyclic) bond motifs is 1. The van der Waals surface area contributed by atoms with E-state index in [1.54, 1.807) is 123 Å². The summed E-state index contributed by atoms with van der Waals surface area (Å²) in [6.45, 7) is 1.79. The Morgan fingerprint density at radius 2 is 1.13 bits per heavy atom. The molecule has 1 aliphatic rings. The van der Waals surface area contributed by atoms with Gasteiger partial charge in [0, 0.05) is 49.5 Å². The Bertz CT molecular complexity index is 3720. The number of nitrogens with one attached hydrogen (secondary N) is 9. The number of rotatable bonds is 37. The minimum atomic E-state index is -1.80. The lowest BCUT2D eigenvalue weighted by molar-refractivity contribution is -0.142. The molecule has 6 aromatic rings. The highest BCUT2D eigenvalue weighted by Crippen LogP contribution is 2.23. The number of para-hydroxylation sites is 1. The van der Waals surface area contributed by atoms with Gasteiger partial charge in [0.2, 0.25) is 53.2 Å². The molecule has 5 aromatic carbocycles. The number of primary amides is 1. The molecule has 0 saturated carbocycles. The molecule has 1 fully saturated rings. The van der Waals surface area contributed by atoms with Gasteiger partial charge in [0.15, 0.2) is 5.96 Å². The number of aromatic amines is 1. The average Bonchev–Trinajstić information content (AvgIpc) is 1.74. The predicted molar refractivity (Wildman–Crippen MR) is 365 cm³/mol. The Morgan fingerprint density at radius 3 is 1.74 bits per heavy atom. The fourth-order valence-corrected chi connectivity index (χ4v) is 11.1. The van der Waals surface area contributed by atoms with Gasteiger partial charge in [-0.1, -0.05) is 117 Å². The zero-order valence-corrected chi connectivity index (χ0v) is 55.4. The summed E-state index contributed by atoms with van der Waals surface area (Å²) in [7, 11) is 1.51. The standard InChI is InChI=1S/C70H88N14O15/c1-42(2)32-53(61(88)77-52(20-12-30-74-69(72)73)68(95)84-31-13-21-59(84)67(94)76-37-60(71)87)78-62(89)54(33-43-14-6-4-7-15-43)79-63(90)55(34-44-22-26-48(86)27-23-44)80-65(92)57(38-85)82-64(91)56(35-47-36-75-51-19-11-10-18-50(47)51)81-66(93)58(41-98-39-45-16-8-5-9-17-45)83-70(96)99-40-46-24-28-49(97-3)29-25-46/h4-11,14-19,22-29,36,42,52-59,75,85-86H,12-13,20-21,30-35,37-41H2,1-3H3,(H2,71,87)(H,76,94)(H,77,88)(H,78,89)(H,79,90)(H,80,92)(H,81,93)(H,82,91)(H,83,96)(H4,72,73,74)/t52-,53-,54+,55-,56-,57-,58-,59-/m0/s1. The first-order chi connectivity index (χ1) is 47.6. The smallest absolute Gasteiger partial charge is 0.408 e. The number of aromatic nitrogens is 1. The Labute approximate surface area is 572 Å². The fraction of sp³-hybridized carbons (Fsp3) is 0.386. The van der Waals surface area contributed by atoms with E-state index in [0.29, 0.717) is 45.3 Å². The SMILES string of the molecule is COc1ccc(COC(=O)N[C@@H](COCc2ccccc2)C(=O)N[C@@H](Cc2c[nH]c3ccccc23)C(=O)N[C@@H](CO)C(=O)N[C@@H](Cc2ccc(O)cc2)C(=O)N[C@H](Cc2ccccc2)C(=O)N[C@@H](CC(C)C)C(=O)N[C@@H](CCCN=C(N)N)C(=O)N2CCC[C@H]2C(=O)NCC(N)=O)cc1. The van der Waals surface area contributed by atoms with Crippen LogP contribution in [0.1, 0.15) is 73.8 Å². The molecule has 29 heteroatoms. The number of amides is 10.